The Morgan fingerprint density at radius 3 is 2.67 bits per heavy atom. The molecule has 0 saturated carbocycles. The maximum atomic E-state index is 12.2. The predicted octanol–water partition coefficient (Wildman–Crippen LogP) is 1.96. The van der Waals surface area contributed by atoms with Gasteiger partial charge in [0.1, 0.15) is 0 Å². The van der Waals surface area contributed by atoms with Crippen molar-refractivity contribution < 1.29 is 4.79 Å². The maximum absolute atomic E-state index is 12.2. The average Bonchev–Trinajstić information content (AvgIpc) is 2.50. The van der Waals surface area contributed by atoms with Crippen molar-refractivity contribution in [2.24, 2.45) is 11.8 Å². The second-order valence-electron chi connectivity index (χ2n) is 7.04. The van der Waals surface area contributed by atoms with Crippen LogP contribution in [0.2, 0.25) is 0 Å². The number of rotatable bonds is 6. The van der Waals surface area contributed by atoms with Crippen LogP contribution in [0.5, 0.6) is 0 Å². The molecular weight excluding hydrogens is 262 g/mol. The lowest BCUT2D eigenvalue weighted by molar-refractivity contribution is -0.133. The van der Waals surface area contributed by atoms with Crippen LogP contribution in [0.25, 0.3) is 0 Å². The fourth-order valence-corrected chi connectivity index (χ4v) is 3.62. The maximum Gasteiger partial charge on any atom is 0.222 e. The third-order valence-corrected chi connectivity index (χ3v) is 5.08. The summed E-state index contributed by atoms with van der Waals surface area (Å²) >= 11 is 0. The summed E-state index contributed by atoms with van der Waals surface area (Å²) in [6.07, 6.45) is 6.84. The molecule has 2 rings (SSSR count). The lowest BCUT2D eigenvalue weighted by Gasteiger charge is -2.38. The second-order valence-corrected chi connectivity index (χ2v) is 7.04. The molecule has 21 heavy (non-hydrogen) atoms. The van der Waals surface area contributed by atoms with E-state index in [1.165, 1.54) is 45.3 Å². The molecule has 0 spiro atoms. The molecule has 2 heterocycles. The molecule has 1 atom stereocenters. The summed E-state index contributed by atoms with van der Waals surface area (Å²) in [7, 11) is 1.95. The molecule has 2 aliphatic heterocycles. The summed E-state index contributed by atoms with van der Waals surface area (Å²) in [4.78, 5) is 17.0. The first-order chi connectivity index (χ1) is 10.2. The Morgan fingerprint density at radius 2 is 1.95 bits per heavy atom. The van der Waals surface area contributed by atoms with E-state index in [2.05, 4.69) is 22.0 Å². The molecule has 2 fully saturated rings. The Bertz CT molecular complexity index is 313. The Labute approximate surface area is 130 Å². The summed E-state index contributed by atoms with van der Waals surface area (Å²) in [6.45, 7) is 8.99. The zero-order chi connectivity index (χ0) is 15.1. The summed E-state index contributed by atoms with van der Waals surface area (Å²) in [5, 5.41) is 3.12. The molecule has 0 aromatic rings. The highest BCUT2D eigenvalue weighted by Gasteiger charge is 2.26. The van der Waals surface area contributed by atoms with E-state index < -0.39 is 0 Å². The van der Waals surface area contributed by atoms with Gasteiger partial charge in [0.25, 0.3) is 0 Å². The second kappa shape index (κ2) is 8.74. The molecule has 2 aliphatic rings. The highest BCUT2D eigenvalue weighted by atomic mass is 16.2. The lowest BCUT2D eigenvalue weighted by atomic mass is 9.94. The van der Waals surface area contributed by atoms with E-state index in [9.17, 15) is 4.79 Å². The van der Waals surface area contributed by atoms with Crippen LogP contribution in [-0.2, 0) is 4.79 Å². The normalized spacial score (nSPS) is 25.2. The van der Waals surface area contributed by atoms with Gasteiger partial charge in [0.2, 0.25) is 5.91 Å². The van der Waals surface area contributed by atoms with Gasteiger partial charge in [-0.05, 0) is 70.6 Å². The summed E-state index contributed by atoms with van der Waals surface area (Å²) in [5.41, 5.74) is 0. The number of nitrogens with zero attached hydrogens (tertiary/aromatic N) is 2. The molecule has 0 bridgehead atoms. The van der Waals surface area contributed by atoms with Crippen LogP contribution in [0, 0.1) is 11.8 Å². The van der Waals surface area contributed by atoms with Crippen molar-refractivity contribution in [2.75, 3.05) is 46.3 Å². The Balaban J connectivity index is 1.71. The number of amides is 1. The van der Waals surface area contributed by atoms with Crippen LogP contribution in [-0.4, -0.2) is 62.0 Å². The van der Waals surface area contributed by atoms with Crippen molar-refractivity contribution in [2.45, 2.75) is 45.4 Å². The van der Waals surface area contributed by atoms with E-state index in [1.807, 2.05) is 7.05 Å². The monoisotopic (exact) mass is 295 g/mol. The first kappa shape index (κ1) is 16.8. The van der Waals surface area contributed by atoms with Gasteiger partial charge in [0.15, 0.2) is 0 Å². The third-order valence-electron chi connectivity index (χ3n) is 5.08. The van der Waals surface area contributed by atoms with Crippen molar-refractivity contribution >= 4 is 5.91 Å². The van der Waals surface area contributed by atoms with Crippen LogP contribution in [0.4, 0.5) is 0 Å². The SMILES string of the molecule is CNCCCC(=O)N1CCCC(CN2CCC(C)CC2)C1. The van der Waals surface area contributed by atoms with Gasteiger partial charge in [0.05, 0.1) is 0 Å². The van der Waals surface area contributed by atoms with Crippen LogP contribution < -0.4 is 5.32 Å². The van der Waals surface area contributed by atoms with E-state index >= 15 is 0 Å². The van der Waals surface area contributed by atoms with Gasteiger partial charge in [-0.25, -0.2) is 0 Å². The van der Waals surface area contributed by atoms with Crippen molar-refractivity contribution in [1.82, 2.24) is 15.1 Å². The number of hydrogen-bond donors (Lipinski definition) is 1. The van der Waals surface area contributed by atoms with E-state index in [-0.39, 0.29) is 0 Å². The predicted molar refractivity (Wildman–Crippen MR) is 87.3 cm³/mol. The van der Waals surface area contributed by atoms with Crippen molar-refractivity contribution in [3.8, 4) is 0 Å². The number of hydrogen-bond acceptors (Lipinski definition) is 3. The zero-order valence-electron chi connectivity index (χ0n) is 13.9. The average molecular weight is 295 g/mol. The Hall–Kier alpha value is -0.610. The Kier molecular flexibility index (Phi) is 6.97. The molecule has 0 aromatic carbocycles. The molecule has 4 nitrogen and oxygen atoms in total. The molecular formula is C17H33N3O. The number of likely N-dealkylation sites (tertiary alicyclic amines) is 2. The van der Waals surface area contributed by atoms with Crippen LogP contribution >= 0.6 is 0 Å². The Morgan fingerprint density at radius 1 is 1.19 bits per heavy atom. The molecule has 4 heteroatoms. The van der Waals surface area contributed by atoms with Gasteiger partial charge in [-0.2, -0.15) is 0 Å². The zero-order valence-corrected chi connectivity index (χ0v) is 13.9. The quantitative estimate of drug-likeness (QED) is 0.761. The van der Waals surface area contributed by atoms with Crippen molar-refractivity contribution in [3.05, 3.63) is 0 Å². The fraction of sp³-hybridized carbons (Fsp3) is 0.941. The molecule has 0 aliphatic carbocycles. The summed E-state index contributed by atoms with van der Waals surface area (Å²) in [5.74, 6) is 1.96. The minimum Gasteiger partial charge on any atom is -0.342 e. The highest BCUT2D eigenvalue weighted by molar-refractivity contribution is 5.76. The van der Waals surface area contributed by atoms with E-state index in [1.54, 1.807) is 0 Å². The van der Waals surface area contributed by atoms with Crippen LogP contribution in [0.3, 0.4) is 0 Å². The first-order valence-corrected chi connectivity index (χ1v) is 8.83. The minimum absolute atomic E-state index is 0.363. The standard InChI is InChI=1S/C17H33N3O/c1-15-7-11-19(12-8-15)13-16-5-4-10-20(14-16)17(21)6-3-9-18-2/h15-16,18H,3-14H2,1-2H3. The topological polar surface area (TPSA) is 35.6 Å². The van der Waals surface area contributed by atoms with E-state index in [0.717, 1.165) is 32.0 Å². The summed E-state index contributed by atoms with van der Waals surface area (Å²) < 4.78 is 0. The van der Waals surface area contributed by atoms with E-state index in [0.29, 0.717) is 18.2 Å². The number of nitrogens with one attached hydrogen (secondary N) is 1. The minimum atomic E-state index is 0.363. The van der Waals surface area contributed by atoms with Crippen molar-refractivity contribution in [3.63, 3.8) is 0 Å². The first-order valence-electron chi connectivity index (χ1n) is 8.83. The fourth-order valence-electron chi connectivity index (χ4n) is 3.62. The number of carbonyl (C=O) groups excluding carboxylic acids is 1. The molecule has 1 N–H and O–H groups in total. The molecule has 2 saturated heterocycles. The lowest BCUT2D eigenvalue weighted by Crippen LogP contribution is -2.45. The molecule has 1 amide bonds. The summed E-state index contributed by atoms with van der Waals surface area (Å²) in [6, 6.07) is 0. The third kappa shape index (κ3) is 5.59. The van der Waals surface area contributed by atoms with Gasteiger partial charge < -0.3 is 15.1 Å². The van der Waals surface area contributed by atoms with Crippen molar-refractivity contribution in [1.29, 1.82) is 0 Å². The van der Waals surface area contributed by atoms with Crippen LogP contribution in [0.15, 0.2) is 0 Å². The smallest absolute Gasteiger partial charge is 0.222 e. The van der Waals surface area contributed by atoms with Gasteiger partial charge >= 0.3 is 0 Å². The van der Waals surface area contributed by atoms with Gasteiger partial charge in [-0.1, -0.05) is 6.92 Å². The number of carbonyl (C=O) groups is 1. The van der Waals surface area contributed by atoms with Gasteiger partial charge in [-0.3, -0.25) is 4.79 Å². The molecule has 0 aromatic heterocycles. The molecule has 122 valence electrons. The largest absolute Gasteiger partial charge is 0.342 e. The van der Waals surface area contributed by atoms with E-state index in [4.69, 9.17) is 0 Å². The number of piperidine rings is 2. The highest BCUT2D eigenvalue weighted by Crippen LogP contribution is 2.22. The van der Waals surface area contributed by atoms with Gasteiger partial charge in [0, 0.05) is 26.1 Å². The molecule has 1 unspecified atom stereocenters. The van der Waals surface area contributed by atoms with Gasteiger partial charge in [-0.15, -0.1) is 0 Å². The molecule has 0 radical (unpaired) electrons. The van der Waals surface area contributed by atoms with Crippen LogP contribution in [0.1, 0.15) is 45.4 Å².